The highest BCUT2D eigenvalue weighted by Crippen LogP contribution is 2.29. The molecule has 0 aliphatic rings. The van der Waals surface area contributed by atoms with Crippen LogP contribution in [0.25, 0.3) is 0 Å². The monoisotopic (exact) mass is 296 g/mol. The first-order chi connectivity index (χ1) is 9.90. The van der Waals surface area contributed by atoms with Gasteiger partial charge >= 0.3 is 0 Å². The van der Waals surface area contributed by atoms with Crippen molar-refractivity contribution in [2.75, 3.05) is 6.54 Å². The highest BCUT2D eigenvalue weighted by molar-refractivity contribution is 6.06. The fourth-order valence-corrected chi connectivity index (χ4v) is 1.91. The van der Waals surface area contributed by atoms with Crippen LogP contribution in [0.3, 0.4) is 0 Å². The van der Waals surface area contributed by atoms with Crippen molar-refractivity contribution in [2.24, 2.45) is 11.5 Å². The Morgan fingerprint density at radius 2 is 1.67 bits per heavy atom. The molecule has 1 rings (SSSR count). The predicted molar refractivity (Wildman–Crippen MR) is 75.0 cm³/mol. The molecule has 9 heteroatoms. The number of hydrogen-bond acceptors (Lipinski definition) is 7. The summed E-state index contributed by atoms with van der Waals surface area (Å²) >= 11 is 0. The molecular formula is C12H16N4O5. The molecule has 4 N–H and O–H groups in total. The molecule has 0 saturated heterocycles. The first kappa shape index (κ1) is 16.7. The maximum atomic E-state index is 12.2. The summed E-state index contributed by atoms with van der Waals surface area (Å²) in [6.45, 7) is 0.437. The van der Waals surface area contributed by atoms with E-state index in [9.17, 15) is 25.0 Å². The molecule has 0 bridgehead atoms. The summed E-state index contributed by atoms with van der Waals surface area (Å²) in [4.78, 5) is 32.5. The average molecular weight is 296 g/mol. The number of carbonyl (C=O) groups is 1. The van der Waals surface area contributed by atoms with Crippen LogP contribution in [0, 0.1) is 20.2 Å². The zero-order valence-corrected chi connectivity index (χ0v) is 11.2. The number of hydrogen-bond donors (Lipinski definition) is 2. The second-order valence-electron chi connectivity index (χ2n) is 4.44. The first-order valence-corrected chi connectivity index (χ1v) is 6.31. The van der Waals surface area contributed by atoms with E-state index in [0.717, 1.165) is 18.2 Å². The van der Waals surface area contributed by atoms with Gasteiger partial charge in [0.15, 0.2) is 11.3 Å². The first-order valence-electron chi connectivity index (χ1n) is 6.31. The van der Waals surface area contributed by atoms with E-state index in [0.29, 0.717) is 19.4 Å². The molecule has 1 aromatic carbocycles. The smallest absolute Gasteiger partial charge is 0.287 e. The molecule has 1 atom stereocenters. The minimum absolute atomic E-state index is 0.263. The number of carbonyl (C=O) groups excluding carboxylic acids is 1. The van der Waals surface area contributed by atoms with Gasteiger partial charge in [-0.2, -0.15) is 0 Å². The molecule has 114 valence electrons. The fraction of sp³-hybridized carbons (Fsp3) is 0.417. The SMILES string of the molecule is NCCCC[C@H](N)C(=O)c1c([N+](=O)[O-])cccc1[N+](=O)[O-]. The highest BCUT2D eigenvalue weighted by atomic mass is 16.6. The van der Waals surface area contributed by atoms with E-state index in [1.807, 2.05) is 0 Å². The van der Waals surface area contributed by atoms with Gasteiger partial charge in [0.1, 0.15) is 0 Å². The van der Waals surface area contributed by atoms with Crippen molar-refractivity contribution in [3.05, 3.63) is 44.0 Å². The molecule has 0 aliphatic carbocycles. The quantitative estimate of drug-likeness (QED) is 0.315. The Morgan fingerprint density at radius 1 is 1.14 bits per heavy atom. The number of Topliss-reactive ketones (excluding diaryl/α,β-unsaturated/α-hetero) is 1. The zero-order chi connectivity index (χ0) is 16.0. The molecular weight excluding hydrogens is 280 g/mol. The number of benzene rings is 1. The molecule has 0 saturated carbocycles. The second kappa shape index (κ2) is 7.41. The number of nitrogens with zero attached hydrogens (tertiary/aromatic N) is 2. The van der Waals surface area contributed by atoms with Crippen LogP contribution < -0.4 is 11.5 Å². The molecule has 0 radical (unpaired) electrons. The van der Waals surface area contributed by atoms with Crippen LogP contribution in [-0.4, -0.2) is 28.2 Å². The summed E-state index contributed by atoms with van der Waals surface area (Å²) in [7, 11) is 0. The Hall–Kier alpha value is -2.39. The van der Waals surface area contributed by atoms with Crippen molar-refractivity contribution in [1.29, 1.82) is 0 Å². The molecule has 1 aromatic rings. The predicted octanol–water partition coefficient (Wildman–Crippen LogP) is 1.14. The maximum absolute atomic E-state index is 12.2. The number of nitro benzene ring substituents is 2. The van der Waals surface area contributed by atoms with Crippen LogP contribution in [0.1, 0.15) is 29.6 Å². The third kappa shape index (κ3) is 4.04. The van der Waals surface area contributed by atoms with Crippen molar-refractivity contribution in [3.63, 3.8) is 0 Å². The molecule has 0 fully saturated rings. The highest BCUT2D eigenvalue weighted by Gasteiger charge is 2.32. The molecule has 0 heterocycles. The van der Waals surface area contributed by atoms with Gasteiger partial charge in [0, 0.05) is 12.1 Å². The molecule has 0 aliphatic heterocycles. The van der Waals surface area contributed by atoms with Crippen molar-refractivity contribution in [2.45, 2.75) is 25.3 Å². The van der Waals surface area contributed by atoms with Crippen LogP contribution >= 0.6 is 0 Å². The van der Waals surface area contributed by atoms with Gasteiger partial charge in [0.2, 0.25) is 0 Å². The third-order valence-corrected chi connectivity index (χ3v) is 2.97. The Morgan fingerprint density at radius 3 is 2.10 bits per heavy atom. The number of rotatable bonds is 8. The van der Waals surface area contributed by atoms with Gasteiger partial charge in [-0.3, -0.25) is 25.0 Å². The van der Waals surface area contributed by atoms with E-state index in [4.69, 9.17) is 11.5 Å². The van der Waals surface area contributed by atoms with Gasteiger partial charge < -0.3 is 11.5 Å². The zero-order valence-electron chi connectivity index (χ0n) is 11.2. The van der Waals surface area contributed by atoms with E-state index in [1.54, 1.807) is 0 Å². The van der Waals surface area contributed by atoms with Crippen LogP contribution in [0.5, 0.6) is 0 Å². The summed E-state index contributed by atoms with van der Waals surface area (Å²) in [6.07, 6.45) is 1.48. The van der Waals surface area contributed by atoms with E-state index in [2.05, 4.69) is 0 Å². The molecule has 9 nitrogen and oxygen atoms in total. The lowest BCUT2D eigenvalue weighted by molar-refractivity contribution is -0.394. The van der Waals surface area contributed by atoms with Crippen LogP contribution in [-0.2, 0) is 0 Å². The van der Waals surface area contributed by atoms with Crippen molar-refractivity contribution in [3.8, 4) is 0 Å². The summed E-state index contributed by atoms with van der Waals surface area (Å²) in [5.74, 6) is -0.800. The van der Waals surface area contributed by atoms with Crippen molar-refractivity contribution >= 4 is 17.2 Å². The lowest BCUT2D eigenvalue weighted by atomic mass is 9.97. The van der Waals surface area contributed by atoms with Gasteiger partial charge in [-0.15, -0.1) is 0 Å². The van der Waals surface area contributed by atoms with Crippen molar-refractivity contribution in [1.82, 2.24) is 0 Å². The number of nitro groups is 2. The largest absolute Gasteiger partial charge is 0.330 e. The Bertz CT molecular complexity index is 528. The molecule has 0 unspecified atom stereocenters. The Balaban J connectivity index is 3.17. The molecule has 0 aromatic heterocycles. The Labute approximate surface area is 120 Å². The van der Waals surface area contributed by atoms with Gasteiger partial charge in [-0.1, -0.05) is 6.42 Å². The fourth-order valence-electron chi connectivity index (χ4n) is 1.91. The molecule has 0 spiro atoms. The van der Waals surface area contributed by atoms with E-state index >= 15 is 0 Å². The number of nitrogens with two attached hydrogens (primary N) is 2. The normalized spacial score (nSPS) is 11.9. The average Bonchev–Trinajstić information content (AvgIpc) is 2.45. The summed E-state index contributed by atoms with van der Waals surface area (Å²) in [6, 6.07) is 2.23. The van der Waals surface area contributed by atoms with Crippen molar-refractivity contribution < 1.29 is 14.6 Å². The van der Waals surface area contributed by atoms with E-state index < -0.39 is 38.6 Å². The van der Waals surface area contributed by atoms with Crippen LogP contribution in [0.15, 0.2) is 18.2 Å². The van der Waals surface area contributed by atoms with Gasteiger partial charge in [-0.05, 0) is 25.5 Å². The standard InChI is InChI=1S/C12H16N4O5/c13-7-2-1-4-8(14)12(17)11-9(15(18)19)5-3-6-10(11)16(20)21/h3,5-6,8H,1-2,4,7,13-14H2/t8-/m0/s1. The second-order valence-corrected chi connectivity index (χ2v) is 4.44. The summed E-state index contributed by atoms with van der Waals surface area (Å²) in [5.41, 5.74) is 9.25. The summed E-state index contributed by atoms with van der Waals surface area (Å²) < 4.78 is 0. The molecule has 0 amide bonds. The van der Waals surface area contributed by atoms with Crippen LogP contribution in [0.2, 0.25) is 0 Å². The van der Waals surface area contributed by atoms with Gasteiger partial charge in [0.05, 0.1) is 15.9 Å². The lowest BCUT2D eigenvalue weighted by Gasteiger charge is -2.10. The summed E-state index contributed by atoms with van der Waals surface area (Å²) in [5, 5.41) is 21.9. The third-order valence-electron chi connectivity index (χ3n) is 2.97. The lowest BCUT2D eigenvalue weighted by Crippen LogP contribution is -2.31. The Kier molecular flexibility index (Phi) is 5.88. The van der Waals surface area contributed by atoms with E-state index in [-0.39, 0.29) is 6.42 Å². The minimum atomic E-state index is -1.03. The molecule has 21 heavy (non-hydrogen) atoms. The maximum Gasteiger partial charge on any atom is 0.287 e. The topological polar surface area (TPSA) is 155 Å². The number of ketones is 1. The van der Waals surface area contributed by atoms with Gasteiger partial charge in [0.25, 0.3) is 11.4 Å². The van der Waals surface area contributed by atoms with Crippen LogP contribution in [0.4, 0.5) is 11.4 Å². The minimum Gasteiger partial charge on any atom is -0.330 e. The van der Waals surface area contributed by atoms with Gasteiger partial charge in [-0.25, -0.2) is 0 Å². The van der Waals surface area contributed by atoms with E-state index in [1.165, 1.54) is 0 Å². The number of unbranched alkanes of at least 4 members (excludes halogenated alkanes) is 1.